The van der Waals surface area contributed by atoms with E-state index in [1.54, 1.807) is 0 Å². The maximum absolute atomic E-state index is 11.0. The molecule has 0 saturated heterocycles. The minimum atomic E-state index is -0.00186. The molecule has 0 bridgehead atoms. The van der Waals surface area contributed by atoms with Gasteiger partial charge in [-0.2, -0.15) is 0 Å². The third kappa shape index (κ3) is 11.0. The highest BCUT2D eigenvalue weighted by Crippen LogP contribution is 2.42. The molecule has 0 spiro atoms. The van der Waals surface area contributed by atoms with Gasteiger partial charge in [-0.25, -0.2) is 4.98 Å². The van der Waals surface area contributed by atoms with E-state index in [1.165, 1.54) is 38.2 Å². The molecule has 2 aromatic heterocycles. The molecule has 10 aromatic rings. The number of hydrogen-bond acceptors (Lipinski definition) is 4. The number of aromatic hydroxyl groups is 3. The number of para-hydroxylation sites is 3. The second kappa shape index (κ2) is 21.3. The van der Waals surface area contributed by atoms with Gasteiger partial charge in [0.2, 0.25) is 0 Å². The normalized spacial score (nSPS) is 11.9. The van der Waals surface area contributed by atoms with Crippen LogP contribution in [0.3, 0.4) is 0 Å². The summed E-state index contributed by atoms with van der Waals surface area (Å²) < 4.78 is 2.18. The first-order valence-electron chi connectivity index (χ1n) is 24.3. The lowest BCUT2D eigenvalue weighted by Crippen LogP contribution is -2.12. The van der Waals surface area contributed by atoms with E-state index in [0.717, 1.165) is 66.7 Å². The Balaban J connectivity index is 0.000000145. The predicted molar refractivity (Wildman–Crippen MR) is 316 cm³/mol. The summed E-state index contributed by atoms with van der Waals surface area (Å²) in [6.07, 6.45) is 0. The van der Waals surface area contributed by atoms with Crippen LogP contribution in [0.2, 0.25) is 0 Å². The summed E-state index contributed by atoms with van der Waals surface area (Å²) in [7, 11) is 0. The molecule has 3 N–H and O–H groups in total. The maximum atomic E-state index is 11.0. The Kier molecular flexibility index (Phi) is 15.5. The molecule has 10 rings (SSSR count). The van der Waals surface area contributed by atoms with Gasteiger partial charge in [0.25, 0.3) is 0 Å². The lowest BCUT2D eigenvalue weighted by atomic mass is 9.83. The Morgan fingerprint density at radius 2 is 0.847 bits per heavy atom. The Morgan fingerprint density at radius 1 is 0.417 bits per heavy atom. The zero-order valence-corrected chi connectivity index (χ0v) is 47.3. The SMILES string of the molecule is CC(C)(C)c1cc(CBr)c(O)c(-c2ccc3ccccc3c2)c1.CC(C)(C)c1cc(CBr)c(O)c(-c2ccc3ccccc3n2)c1.CC(C)(C)c1cc(CBr)c(O)c(-n2c3ccccc3c3ccccc32)c1. The van der Waals surface area contributed by atoms with Gasteiger partial charge in [0.1, 0.15) is 17.2 Å². The lowest BCUT2D eigenvalue weighted by molar-refractivity contribution is 0.467. The lowest BCUT2D eigenvalue weighted by Gasteiger charge is -2.23. The van der Waals surface area contributed by atoms with Crippen molar-refractivity contribution in [2.45, 2.75) is 94.5 Å². The first kappa shape index (κ1) is 52.4. The molecule has 0 amide bonds. The zero-order valence-electron chi connectivity index (χ0n) is 42.6. The van der Waals surface area contributed by atoms with Gasteiger partial charge >= 0.3 is 0 Å². The van der Waals surface area contributed by atoms with Gasteiger partial charge in [0.15, 0.2) is 0 Å². The van der Waals surface area contributed by atoms with E-state index in [9.17, 15) is 15.3 Å². The third-order valence-corrected chi connectivity index (χ3v) is 15.1. The second-order valence-electron chi connectivity index (χ2n) is 21.5. The Bertz CT molecular complexity index is 3390. The average Bonchev–Trinajstić information content (AvgIpc) is 3.69. The molecule has 0 aliphatic carbocycles. The molecule has 0 aliphatic heterocycles. The van der Waals surface area contributed by atoms with Crippen LogP contribution >= 0.6 is 47.8 Å². The van der Waals surface area contributed by atoms with Crippen LogP contribution in [0.15, 0.2) is 164 Å². The van der Waals surface area contributed by atoms with Gasteiger partial charge in [-0.3, -0.25) is 0 Å². The number of pyridine rings is 1. The number of fused-ring (bicyclic) bond motifs is 5. The van der Waals surface area contributed by atoms with Crippen LogP contribution in [-0.2, 0) is 32.2 Å². The molecule has 5 nitrogen and oxygen atoms in total. The van der Waals surface area contributed by atoms with E-state index in [1.807, 2.05) is 54.6 Å². The number of nitrogens with zero attached hydrogens (tertiary/aromatic N) is 2. The van der Waals surface area contributed by atoms with Crippen LogP contribution in [0, 0.1) is 0 Å². The first-order chi connectivity index (χ1) is 34.2. The molecule has 0 unspecified atom stereocenters. The number of aromatic nitrogens is 2. The standard InChI is InChI=1S/C23H22BrNO.C21H21BrO.C20H20BrNO/c1-23(2,3)16-12-15(14-24)22(26)21(13-16)25-19-10-6-4-8-17(19)18-9-5-7-11-20(18)25;1-21(2,3)18-11-17(13-22)20(23)19(12-18)16-9-8-14-6-4-5-7-15(14)10-16;1-20(2,3)15-10-14(12-21)19(23)16(11-15)18-9-8-13-6-4-5-7-17(13)22-18/h4-13,26H,14H2,1-3H3;4-12,23H,13H2,1-3H3;4-11,23H,12H2,1-3H3. The van der Waals surface area contributed by atoms with Gasteiger partial charge in [0.05, 0.1) is 27.9 Å². The van der Waals surface area contributed by atoms with E-state index >= 15 is 0 Å². The first-order valence-corrected chi connectivity index (χ1v) is 27.7. The zero-order chi connectivity index (χ0) is 51.7. The topological polar surface area (TPSA) is 78.5 Å². The number of phenolic OH excluding ortho intramolecular Hbond substituents is 3. The van der Waals surface area contributed by atoms with Gasteiger partial charge in [-0.1, -0.05) is 225 Å². The van der Waals surface area contributed by atoms with Crippen LogP contribution in [0.25, 0.3) is 71.6 Å². The third-order valence-electron chi connectivity index (χ3n) is 13.3. The van der Waals surface area contributed by atoms with Crippen LogP contribution in [-0.4, -0.2) is 24.9 Å². The van der Waals surface area contributed by atoms with Crippen LogP contribution in [0.1, 0.15) is 95.7 Å². The molecular formula is C64H63Br3N2O3. The van der Waals surface area contributed by atoms with E-state index in [0.29, 0.717) is 33.2 Å². The molecule has 8 heteroatoms. The van der Waals surface area contributed by atoms with Crippen molar-refractivity contribution >= 4 is 91.3 Å². The minimum Gasteiger partial charge on any atom is -0.507 e. The van der Waals surface area contributed by atoms with Gasteiger partial charge < -0.3 is 19.9 Å². The van der Waals surface area contributed by atoms with Gasteiger partial charge in [-0.15, -0.1) is 0 Å². The van der Waals surface area contributed by atoms with Crippen molar-refractivity contribution in [1.82, 2.24) is 9.55 Å². The fourth-order valence-corrected chi connectivity index (χ4v) is 10.3. The Labute approximate surface area is 450 Å². The van der Waals surface area contributed by atoms with Crippen molar-refractivity contribution in [2.75, 3.05) is 0 Å². The van der Waals surface area contributed by atoms with Crippen molar-refractivity contribution in [3.05, 3.63) is 197 Å². The van der Waals surface area contributed by atoms with E-state index in [-0.39, 0.29) is 16.2 Å². The van der Waals surface area contributed by atoms with Crippen LogP contribution in [0.4, 0.5) is 0 Å². The largest absolute Gasteiger partial charge is 0.507 e. The van der Waals surface area contributed by atoms with Crippen molar-refractivity contribution in [1.29, 1.82) is 0 Å². The molecule has 0 radical (unpaired) electrons. The van der Waals surface area contributed by atoms with E-state index in [2.05, 4.69) is 224 Å². The second-order valence-corrected chi connectivity index (χ2v) is 23.2. The average molecular weight is 1150 g/mol. The number of rotatable bonds is 6. The molecule has 2 heterocycles. The quantitative estimate of drug-likeness (QED) is 0.145. The summed E-state index contributed by atoms with van der Waals surface area (Å²) in [5.74, 6) is 1.00. The highest BCUT2D eigenvalue weighted by atomic mass is 79.9. The summed E-state index contributed by atoms with van der Waals surface area (Å²) in [5.41, 5.74) is 13.9. The molecule has 0 saturated carbocycles. The minimum absolute atomic E-state index is 0.00186. The molecule has 8 aromatic carbocycles. The highest BCUT2D eigenvalue weighted by molar-refractivity contribution is 9.09. The smallest absolute Gasteiger partial charge is 0.143 e. The van der Waals surface area contributed by atoms with Crippen LogP contribution in [0.5, 0.6) is 17.2 Å². The number of alkyl halides is 3. The molecule has 0 atom stereocenters. The van der Waals surface area contributed by atoms with Crippen LogP contribution < -0.4 is 0 Å². The summed E-state index contributed by atoms with van der Waals surface area (Å²) in [6.45, 7) is 19.7. The van der Waals surface area contributed by atoms with Crippen molar-refractivity contribution < 1.29 is 15.3 Å². The summed E-state index contributed by atoms with van der Waals surface area (Å²) in [4.78, 5) is 4.73. The number of phenols is 3. The Morgan fingerprint density at radius 3 is 1.39 bits per heavy atom. The number of hydrogen-bond donors (Lipinski definition) is 3. The molecular weight excluding hydrogens is 1080 g/mol. The maximum Gasteiger partial charge on any atom is 0.143 e. The molecule has 72 heavy (non-hydrogen) atoms. The fourth-order valence-electron chi connectivity index (χ4n) is 9.01. The summed E-state index contributed by atoms with van der Waals surface area (Å²) in [6, 6.07) is 56.0. The van der Waals surface area contributed by atoms with Crippen molar-refractivity contribution in [3.63, 3.8) is 0 Å². The Hall–Kier alpha value is -5.93. The van der Waals surface area contributed by atoms with Crippen molar-refractivity contribution in [2.24, 2.45) is 0 Å². The highest BCUT2D eigenvalue weighted by Gasteiger charge is 2.23. The molecule has 0 fully saturated rings. The number of benzene rings is 8. The molecule has 0 aliphatic rings. The van der Waals surface area contributed by atoms with Gasteiger partial charge in [-0.05, 0) is 97.8 Å². The molecule has 368 valence electrons. The number of halogens is 3. The monoisotopic (exact) mass is 1140 g/mol. The van der Waals surface area contributed by atoms with E-state index in [4.69, 9.17) is 4.98 Å². The fraction of sp³-hybridized carbons (Fsp3) is 0.234. The van der Waals surface area contributed by atoms with E-state index < -0.39 is 0 Å². The predicted octanol–water partition coefficient (Wildman–Crippen LogP) is 18.9. The van der Waals surface area contributed by atoms with Gasteiger partial charge in [0, 0.05) is 60.0 Å². The summed E-state index contributed by atoms with van der Waals surface area (Å²) >= 11 is 10.5. The van der Waals surface area contributed by atoms with Crippen molar-refractivity contribution in [3.8, 4) is 45.3 Å². The summed E-state index contributed by atoms with van der Waals surface area (Å²) in [5, 5.41) is 40.1.